The third-order valence-electron chi connectivity index (χ3n) is 5.52. The Morgan fingerprint density at radius 3 is 2.81 bits per heavy atom. The molecule has 9 nitrogen and oxygen atoms in total. The average molecular weight is 467 g/mol. The number of thioether (sulfide) groups is 1. The van der Waals surface area contributed by atoms with Crippen molar-refractivity contribution >= 4 is 27.5 Å². The molecule has 2 aliphatic rings. The summed E-state index contributed by atoms with van der Waals surface area (Å²) in [6.07, 6.45) is 1.02. The summed E-state index contributed by atoms with van der Waals surface area (Å²) in [6.45, 7) is 0.819. The van der Waals surface area contributed by atoms with Gasteiger partial charge in [-0.1, -0.05) is 23.9 Å². The predicted molar refractivity (Wildman–Crippen MR) is 116 cm³/mol. The Morgan fingerprint density at radius 1 is 1.29 bits per heavy atom. The first-order chi connectivity index (χ1) is 14.8. The van der Waals surface area contributed by atoms with Crippen LogP contribution in [0.2, 0.25) is 0 Å². The standard InChI is InChI=1S/C20H26N4O5S2/c1-23(10-15-11-28-16-5-3-4-6-17(16)29-15)19(25)12-30-20-22-21-18(24(20)2)9-14-7-8-31(26,27)13-14/h3-6,14-15H,7-13H2,1-2H3/t14-,15+/m0/s1. The second-order valence-corrected chi connectivity index (χ2v) is 11.2. The molecule has 1 amide bonds. The number of ether oxygens (including phenoxy) is 2. The zero-order valence-electron chi connectivity index (χ0n) is 17.6. The third kappa shape index (κ3) is 5.32. The number of aromatic nitrogens is 3. The molecule has 0 aliphatic carbocycles. The highest BCUT2D eigenvalue weighted by Gasteiger charge is 2.29. The lowest BCUT2D eigenvalue weighted by atomic mass is 10.1. The Bertz CT molecular complexity index is 1060. The molecule has 1 aromatic heterocycles. The number of hydrogen-bond acceptors (Lipinski definition) is 8. The van der Waals surface area contributed by atoms with Gasteiger partial charge in [-0.25, -0.2) is 8.42 Å². The van der Waals surface area contributed by atoms with Gasteiger partial charge >= 0.3 is 0 Å². The van der Waals surface area contributed by atoms with Gasteiger partial charge in [-0.05, 0) is 24.5 Å². The van der Waals surface area contributed by atoms with Gasteiger partial charge < -0.3 is 18.9 Å². The van der Waals surface area contributed by atoms with Crippen LogP contribution < -0.4 is 9.47 Å². The molecule has 1 saturated heterocycles. The zero-order valence-corrected chi connectivity index (χ0v) is 19.2. The molecular weight excluding hydrogens is 440 g/mol. The number of amides is 1. The normalized spacial score (nSPS) is 21.7. The summed E-state index contributed by atoms with van der Waals surface area (Å²) in [5.74, 6) is 2.89. The van der Waals surface area contributed by atoms with Gasteiger partial charge in [0.1, 0.15) is 12.4 Å². The molecule has 3 heterocycles. The quantitative estimate of drug-likeness (QED) is 0.561. The number of carbonyl (C=O) groups excluding carboxylic acids is 1. The maximum atomic E-state index is 12.6. The first-order valence-electron chi connectivity index (χ1n) is 10.1. The Kier molecular flexibility index (Phi) is 6.42. The van der Waals surface area contributed by atoms with Crippen LogP contribution in [-0.2, 0) is 28.1 Å². The van der Waals surface area contributed by atoms with Gasteiger partial charge in [0, 0.05) is 20.5 Å². The number of nitrogens with zero attached hydrogens (tertiary/aromatic N) is 4. The van der Waals surface area contributed by atoms with E-state index in [1.54, 1.807) is 11.9 Å². The van der Waals surface area contributed by atoms with Gasteiger partial charge in [-0.15, -0.1) is 10.2 Å². The van der Waals surface area contributed by atoms with E-state index in [9.17, 15) is 13.2 Å². The number of benzene rings is 1. The SMILES string of the molecule is CN(C[C@@H]1COc2ccccc2O1)C(=O)CSc1nnc(C[C@@H]2CCS(=O)(=O)C2)n1C. The summed E-state index contributed by atoms with van der Waals surface area (Å²) in [5.41, 5.74) is 0. The lowest BCUT2D eigenvalue weighted by Crippen LogP contribution is -2.42. The number of sulfone groups is 1. The molecule has 2 aliphatic heterocycles. The highest BCUT2D eigenvalue weighted by molar-refractivity contribution is 7.99. The van der Waals surface area contributed by atoms with Gasteiger partial charge in [0.2, 0.25) is 5.91 Å². The Hall–Kier alpha value is -2.27. The van der Waals surface area contributed by atoms with Crippen molar-refractivity contribution in [2.45, 2.75) is 24.1 Å². The number of likely N-dealkylation sites (N-methyl/N-ethyl adjacent to an activating group) is 1. The van der Waals surface area contributed by atoms with E-state index in [0.29, 0.717) is 36.9 Å². The molecule has 11 heteroatoms. The molecule has 1 aromatic carbocycles. The van der Waals surface area contributed by atoms with Crippen molar-refractivity contribution in [3.63, 3.8) is 0 Å². The van der Waals surface area contributed by atoms with E-state index < -0.39 is 9.84 Å². The maximum Gasteiger partial charge on any atom is 0.232 e. The number of carbonyl (C=O) groups is 1. The van der Waals surface area contributed by atoms with E-state index in [0.717, 1.165) is 11.6 Å². The molecule has 0 radical (unpaired) electrons. The molecular formula is C20H26N4O5S2. The Balaban J connectivity index is 1.26. The van der Waals surface area contributed by atoms with Crippen molar-refractivity contribution in [1.82, 2.24) is 19.7 Å². The van der Waals surface area contributed by atoms with Crippen LogP contribution >= 0.6 is 11.8 Å². The summed E-state index contributed by atoms with van der Waals surface area (Å²) < 4.78 is 36.8. The third-order valence-corrected chi connectivity index (χ3v) is 8.36. The van der Waals surface area contributed by atoms with Crippen LogP contribution in [-0.4, -0.2) is 77.6 Å². The fourth-order valence-electron chi connectivity index (χ4n) is 3.74. The van der Waals surface area contributed by atoms with Crippen molar-refractivity contribution < 1.29 is 22.7 Å². The second kappa shape index (κ2) is 9.07. The molecule has 168 valence electrons. The van der Waals surface area contributed by atoms with Gasteiger partial charge in [-0.3, -0.25) is 4.79 Å². The van der Waals surface area contributed by atoms with Crippen LogP contribution in [0.5, 0.6) is 11.5 Å². The molecule has 4 rings (SSSR count). The molecule has 0 saturated carbocycles. The topological polar surface area (TPSA) is 104 Å². The van der Waals surface area contributed by atoms with Crippen LogP contribution in [0, 0.1) is 5.92 Å². The minimum atomic E-state index is -2.91. The molecule has 0 spiro atoms. The van der Waals surface area contributed by atoms with Crippen LogP contribution in [0.15, 0.2) is 29.4 Å². The first kappa shape index (κ1) is 21.9. The summed E-state index contributed by atoms with van der Waals surface area (Å²) in [6, 6.07) is 7.49. The van der Waals surface area contributed by atoms with E-state index >= 15 is 0 Å². The molecule has 0 bridgehead atoms. The minimum Gasteiger partial charge on any atom is -0.486 e. The van der Waals surface area contributed by atoms with Gasteiger partial charge in [0.15, 0.2) is 32.6 Å². The Morgan fingerprint density at radius 2 is 2.06 bits per heavy atom. The number of rotatable bonds is 7. The van der Waals surface area contributed by atoms with E-state index in [2.05, 4.69) is 10.2 Å². The highest BCUT2D eigenvalue weighted by Crippen LogP contribution is 2.31. The molecule has 1 fully saturated rings. The van der Waals surface area contributed by atoms with Crippen molar-refractivity contribution in [3.05, 3.63) is 30.1 Å². The van der Waals surface area contributed by atoms with Crippen molar-refractivity contribution in [1.29, 1.82) is 0 Å². The van der Waals surface area contributed by atoms with Crippen molar-refractivity contribution in [3.8, 4) is 11.5 Å². The molecule has 0 unspecified atom stereocenters. The molecule has 0 N–H and O–H groups in total. The molecule has 2 aromatic rings. The fraction of sp³-hybridized carbons (Fsp3) is 0.550. The molecule has 31 heavy (non-hydrogen) atoms. The summed E-state index contributed by atoms with van der Waals surface area (Å²) >= 11 is 1.32. The van der Waals surface area contributed by atoms with Crippen molar-refractivity contribution in [2.75, 3.05) is 37.5 Å². The predicted octanol–water partition coefficient (Wildman–Crippen LogP) is 1.18. The van der Waals surface area contributed by atoms with E-state index in [-0.39, 0.29) is 35.2 Å². The highest BCUT2D eigenvalue weighted by atomic mass is 32.2. The monoisotopic (exact) mass is 466 g/mol. The zero-order chi connectivity index (χ0) is 22.0. The number of hydrogen-bond donors (Lipinski definition) is 0. The second-order valence-electron chi connectivity index (χ2n) is 7.99. The van der Waals surface area contributed by atoms with Crippen LogP contribution in [0.1, 0.15) is 12.2 Å². The molecule has 2 atom stereocenters. The van der Waals surface area contributed by atoms with Gasteiger partial charge in [-0.2, -0.15) is 0 Å². The number of fused-ring (bicyclic) bond motifs is 1. The van der Waals surface area contributed by atoms with E-state index in [1.165, 1.54) is 11.8 Å². The maximum absolute atomic E-state index is 12.6. The fourth-order valence-corrected chi connectivity index (χ4v) is 6.47. The minimum absolute atomic E-state index is 0.0427. The van der Waals surface area contributed by atoms with E-state index in [1.807, 2.05) is 35.9 Å². The number of para-hydroxylation sites is 2. The van der Waals surface area contributed by atoms with Crippen LogP contribution in [0.4, 0.5) is 0 Å². The van der Waals surface area contributed by atoms with E-state index in [4.69, 9.17) is 9.47 Å². The van der Waals surface area contributed by atoms with Gasteiger partial charge in [0.05, 0.1) is 23.8 Å². The Labute approximate surface area is 186 Å². The lowest BCUT2D eigenvalue weighted by Gasteiger charge is -2.29. The lowest BCUT2D eigenvalue weighted by molar-refractivity contribution is -0.128. The van der Waals surface area contributed by atoms with Crippen LogP contribution in [0.25, 0.3) is 0 Å². The summed E-state index contributed by atoms with van der Waals surface area (Å²) in [5, 5.41) is 9.02. The average Bonchev–Trinajstić information content (AvgIpc) is 3.27. The smallest absolute Gasteiger partial charge is 0.232 e. The van der Waals surface area contributed by atoms with Crippen LogP contribution in [0.3, 0.4) is 0 Å². The van der Waals surface area contributed by atoms with Gasteiger partial charge in [0.25, 0.3) is 0 Å². The summed E-state index contributed by atoms with van der Waals surface area (Å²) in [4.78, 5) is 14.2. The van der Waals surface area contributed by atoms with Crippen molar-refractivity contribution in [2.24, 2.45) is 13.0 Å². The summed E-state index contributed by atoms with van der Waals surface area (Å²) in [7, 11) is 0.679. The first-order valence-corrected chi connectivity index (χ1v) is 13.0. The largest absolute Gasteiger partial charge is 0.486 e.